The van der Waals surface area contributed by atoms with Crippen molar-refractivity contribution < 1.29 is 4.39 Å². The fourth-order valence-corrected chi connectivity index (χ4v) is 2.15. The number of fused-ring (bicyclic) bond motifs is 1. The van der Waals surface area contributed by atoms with Gasteiger partial charge in [-0.25, -0.2) is 9.37 Å². The van der Waals surface area contributed by atoms with Crippen molar-refractivity contribution in [1.29, 1.82) is 0 Å². The van der Waals surface area contributed by atoms with Crippen LogP contribution < -0.4 is 5.73 Å². The molecule has 0 atom stereocenters. The van der Waals surface area contributed by atoms with E-state index in [9.17, 15) is 4.39 Å². The molecular weight excluding hydrogens is 333 g/mol. The summed E-state index contributed by atoms with van der Waals surface area (Å²) in [4.78, 5) is 7.04. The zero-order valence-electron chi connectivity index (χ0n) is 9.65. The Morgan fingerprint density at radius 3 is 2.63 bits per heavy atom. The van der Waals surface area contributed by atoms with Crippen LogP contribution >= 0.6 is 28.6 Å². The van der Waals surface area contributed by atoms with Gasteiger partial charge in [-0.1, -0.05) is 17.7 Å². The maximum atomic E-state index is 13.3. The highest BCUT2D eigenvalue weighted by Crippen LogP contribution is 2.27. The zero-order valence-corrected chi connectivity index (χ0v) is 12.1. The molecule has 19 heavy (non-hydrogen) atoms. The highest BCUT2D eigenvalue weighted by molar-refractivity contribution is 8.93. The quantitative estimate of drug-likeness (QED) is 0.697. The van der Waals surface area contributed by atoms with Crippen LogP contribution in [0.3, 0.4) is 0 Å². The maximum Gasteiger partial charge on any atom is 0.198 e. The van der Waals surface area contributed by atoms with Crippen LogP contribution in [-0.4, -0.2) is 9.97 Å². The lowest BCUT2D eigenvalue weighted by Crippen LogP contribution is -1.84. The molecule has 0 saturated heterocycles. The summed E-state index contributed by atoms with van der Waals surface area (Å²) < 4.78 is 13.3. The van der Waals surface area contributed by atoms with E-state index in [4.69, 9.17) is 17.3 Å². The molecule has 0 amide bonds. The van der Waals surface area contributed by atoms with Crippen molar-refractivity contribution in [3.8, 4) is 11.1 Å². The van der Waals surface area contributed by atoms with Crippen molar-refractivity contribution in [1.82, 2.24) is 9.97 Å². The highest BCUT2D eigenvalue weighted by Gasteiger charge is 2.05. The van der Waals surface area contributed by atoms with Crippen molar-refractivity contribution >= 4 is 45.6 Å². The number of nitrogens with two attached hydrogens (primary N) is 1. The van der Waals surface area contributed by atoms with Crippen LogP contribution in [0.25, 0.3) is 22.2 Å². The number of nitrogens with one attached hydrogen (secondary N) is 1. The van der Waals surface area contributed by atoms with Gasteiger partial charge in [0, 0.05) is 5.02 Å². The molecule has 1 heterocycles. The van der Waals surface area contributed by atoms with Crippen LogP contribution in [0, 0.1) is 5.82 Å². The largest absolute Gasteiger partial charge is 0.369 e. The van der Waals surface area contributed by atoms with E-state index in [1.165, 1.54) is 12.1 Å². The molecule has 0 aliphatic rings. The number of halogens is 3. The van der Waals surface area contributed by atoms with Crippen molar-refractivity contribution in [2.75, 3.05) is 5.73 Å². The molecule has 0 bridgehead atoms. The number of benzene rings is 2. The van der Waals surface area contributed by atoms with Crippen LogP contribution in [0.5, 0.6) is 0 Å². The van der Waals surface area contributed by atoms with Gasteiger partial charge in [-0.05, 0) is 41.5 Å². The van der Waals surface area contributed by atoms with Crippen molar-refractivity contribution in [3.05, 3.63) is 47.2 Å². The molecule has 3 aromatic rings. The minimum absolute atomic E-state index is 0. The monoisotopic (exact) mass is 341 g/mol. The Labute approximate surface area is 124 Å². The molecule has 0 aliphatic heterocycles. The molecule has 3 rings (SSSR count). The molecule has 3 N–H and O–H groups in total. The topological polar surface area (TPSA) is 54.7 Å². The van der Waals surface area contributed by atoms with Gasteiger partial charge in [0.25, 0.3) is 0 Å². The van der Waals surface area contributed by atoms with Crippen LogP contribution in [0.15, 0.2) is 36.4 Å². The van der Waals surface area contributed by atoms with Gasteiger partial charge >= 0.3 is 0 Å². The molecule has 0 unspecified atom stereocenters. The molecule has 0 spiro atoms. The Morgan fingerprint density at radius 1 is 1.11 bits per heavy atom. The standard InChI is InChI=1S/C13H9ClFN3.BrH/c14-9-3-8(4-10(15)6-9)7-1-2-11-12(5-7)18-13(16)17-11;/h1-6H,(H3,16,17,18);1H. The first-order valence-electron chi connectivity index (χ1n) is 5.33. The number of nitrogens with zero attached hydrogens (tertiary/aromatic N) is 1. The number of anilines is 1. The molecule has 6 heteroatoms. The Bertz CT molecular complexity index is 722. The van der Waals surface area contributed by atoms with Crippen molar-refractivity contribution in [2.24, 2.45) is 0 Å². The lowest BCUT2D eigenvalue weighted by molar-refractivity contribution is 0.628. The van der Waals surface area contributed by atoms with E-state index >= 15 is 0 Å². The first-order valence-corrected chi connectivity index (χ1v) is 5.71. The first kappa shape index (κ1) is 13.8. The fraction of sp³-hybridized carbons (Fsp3) is 0. The van der Waals surface area contributed by atoms with E-state index in [1.54, 1.807) is 6.07 Å². The van der Waals surface area contributed by atoms with Crippen LogP contribution in [0.1, 0.15) is 0 Å². The number of hydrogen-bond acceptors (Lipinski definition) is 2. The smallest absolute Gasteiger partial charge is 0.198 e. The number of aromatic nitrogens is 2. The van der Waals surface area contributed by atoms with Crippen molar-refractivity contribution in [3.63, 3.8) is 0 Å². The van der Waals surface area contributed by atoms with Gasteiger partial charge in [0.05, 0.1) is 11.0 Å². The lowest BCUT2D eigenvalue weighted by Gasteiger charge is -2.03. The summed E-state index contributed by atoms with van der Waals surface area (Å²) in [5.41, 5.74) is 8.74. The SMILES string of the molecule is Br.Nc1nc2ccc(-c3cc(F)cc(Cl)c3)cc2[nH]1. The Balaban J connectivity index is 0.00000133. The van der Waals surface area contributed by atoms with E-state index in [0.29, 0.717) is 11.0 Å². The normalized spacial score (nSPS) is 10.4. The summed E-state index contributed by atoms with van der Waals surface area (Å²) in [6.45, 7) is 0. The average Bonchev–Trinajstić information content (AvgIpc) is 2.66. The highest BCUT2D eigenvalue weighted by atomic mass is 79.9. The molecule has 98 valence electrons. The Morgan fingerprint density at radius 2 is 1.89 bits per heavy atom. The molecule has 0 aliphatic carbocycles. The van der Waals surface area contributed by atoms with E-state index < -0.39 is 0 Å². The van der Waals surface area contributed by atoms with Crippen LogP contribution in [0.4, 0.5) is 10.3 Å². The molecule has 2 aromatic carbocycles. The lowest BCUT2D eigenvalue weighted by atomic mass is 10.1. The van der Waals surface area contributed by atoms with Gasteiger partial charge in [0.15, 0.2) is 5.95 Å². The molecule has 0 saturated carbocycles. The number of H-pyrrole nitrogens is 1. The van der Waals surface area contributed by atoms with Gasteiger partial charge in [-0.15, -0.1) is 17.0 Å². The number of imidazole rings is 1. The van der Waals surface area contributed by atoms with Gasteiger partial charge in [0.2, 0.25) is 0 Å². The third-order valence-corrected chi connectivity index (χ3v) is 2.91. The van der Waals surface area contributed by atoms with Crippen molar-refractivity contribution in [2.45, 2.75) is 0 Å². The maximum absolute atomic E-state index is 13.3. The summed E-state index contributed by atoms with van der Waals surface area (Å²) in [6.07, 6.45) is 0. The fourth-order valence-electron chi connectivity index (χ4n) is 1.93. The van der Waals surface area contributed by atoms with Crippen LogP contribution in [-0.2, 0) is 0 Å². The Kier molecular flexibility index (Phi) is 3.78. The van der Waals surface area contributed by atoms with Crippen LogP contribution in [0.2, 0.25) is 5.02 Å². The number of nitrogen functional groups attached to an aromatic ring is 1. The second kappa shape index (κ2) is 5.19. The summed E-state index contributed by atoms with van der Waals surface area (Å²) in [5, 5.41) is 0.370. The second-order valence-corrected chi connectivity index (χ2v) is 4.45. The third kappa shape index (κ3) is 2.72. The molecular formula is C13H10BrClFN3. The first-order chi connectivity index (χ1) is 8.61. The molecule has 0 fully saturated rings. The number of rotatable bonds is 1. The molecule has 0 radical (unpaired) electrons. The summed E-state index contributed by atoms with van der Waals surface area (Å²) in [5.74, 6) is 0.00106. The van der Waals surface area contributed by atoms with Gasteiger partial charge in [-0.2, -0.15) is 0 Å². The van der Waals surface area contributed by atoms with E-state index in [2.05, 4.69) is 9.97 Å². The average molecular weight is 343 g/mol. The predicted molar refractivity (Wildman–Crippen MR) is 81.2 cm³/mol. The van der Waals surface area contributed by atoms with E-state index in [0.717, 1.165) is 22.2 Å². The predicted octanol–water partition coefficient (Wildman–Crippen LogP) is 4.18. The van der Waals surface area contributed by atoms with E-state index in [1.807, 2.05) is 18.2 Å². The second-order valence-electron chi connectivity index (χ2n) is 4.01. The minimum atomic E-state index is -0.360. The Hall–Kier alpha value is -1.59. The molecule has 1 aromatic heterocycles. The summed E-state index contributed by atoms with van der Waals surface area (Å²) >= 11 is 5.84. The zero-order chi connectivity index (χ0) is 12.7. The van der Waals surface area contributed by atoms with Gasteiger partial charge in [-0.3, -0.25) is 0 Å². The van der Waals surface area contributed by atoms with E-state index in [-0.39, 0.29) is 22.8 Å². The van der Waals surface area contributed by atoms with Gasteiger partial charge < -0.3 is 10.7 Å². The number of hydrogen-bond donors (Lipinski definition) is 2. The van der Waals surface area contributed by atoms with Gasteiger partial charge in [0.1, 0.15) is 5.82 Å². The number of aromatic amines is 1. The third-order valence-electron chi connectivity index (χ3n) is 2.70. The summed E-state index contributed by atoms with van der Waals surface area (Å²) in [6, 6.07) is 9.98. The minimum Gasteiger partial charge on any atom is -0.369 e. The summed E-state index contributed by atoms with van der Waals surface area (Å²) in [7, 11) is 0. The molecule has 3 nitrogen and oxygen atoms in total.